The SMILES string of the molecule is CCC(C)CNCC1CCNC(C)C1. The van der Waals surface area contributed by atoms with Crippen molar-refractivity contribution in [3.8, 4) is 0 Å². The van der Waals surface area contributed by atoms with Crippen LogP contribution in [0.25, 0.3) is 0 Å². The molecule has 3 atom stereocenters. The maximum atomic E-state index is 3.60. The van der Waals surface area contributed by atoms with Gasteiger partial charge < -0.3 is 10.6 Å². The number of hydrogen-bond acceptors (Lipinski definition) is 2. The van der Waals surface area contributed by atoms with Crippen LogP contribution in [0.1, 0.15) is 40.0 Å². The zero-order valence-electron chi connectivity index (χ0n) is 9.97. The predicted molar refractivity (Wildman–Crippen MR) is 62.5 cm³/mol. The number of hydrogen-bond donors (Lipinski definition) is 2. The first-order valence-electron chi connectivity index (χ1n) is 6.16. The number of nitrogens with one attached hydrogen (secondary N) is 2. The second-order valence-corrected chi connectivity index (χ2v) is 4.92. The Kier molecular flexibility index (Phi) is 5.49. The van der Waals surface area contributed by atoms with Gasteiger partial charge in [0.25, 0.3) is 0 Å². The third-order valence-electron chi connectivity index (χ3n) is 3.36. The molecule has 1 fully saturated rings. The van der Waals surface area contributed by atoms with Crippen molar-refractivity contribution in [1.29, 1.82) is 0 Å². The van der Waals surface area contributed by atoms with Crippen LogP contribution in [0.4, 0.5) is 0 Å². The van der Waals surface area contributed by atoms with Crippen LogP contribution in [0.3, 0.4) is 0 Å². The van der Waals surface area contributed by atoms with E-state index >= 15 is 0 Å². The molecule has 2 nitrogen and oxygen atoms in total. The van der Waals surface area contributed by atoms with Gasteiger partial charge in [0.05, 0.1) is 0 Å². The first-order valence-corrected chi connectivity index (χ1v) is 6.16. The lowest BCUT2D eigenvalue weighted by Gasteiger charge is -2.28. The quantitative estimate of drug-likeness (QED) is 0.706. The summed E-state index contributed by atoms with van der Waals surface area (Å²) < 4.78 is 0. The van der Waals surface area contributed by atoms with Crippen LogP contribution < -0.4 is 10.6 Å². The summed E-state index contributed by atoms with van der Waals surface area (Å²) in [5, 5.41) is 7.09. The van der Waals surface area contributed by atoms with Crippen LogP contribution >= 0.6 is 0 Å². The van der Waals surface area contributed by atoms with Crippen molar-refractivity contribution in [3.63, 3.8) is 0 Å². The third-order valence-corrected chi connectivity index (χ3v) is 3.36. The van der Waals surface area contributed by atoms with Crippen molar-refractivity contribution < 1.29 is 0 Å². The van der Waals surface area contributed by atoms with Crippen LogP contribution in [-0.4, -0.2) is 25.7 Å². The maximum Gasteiger partial charge on any atom is 0.00418 e. The Hall–Kier alpha value is -0.0800. The Labute approximate surface area is 88.8 Å². The molecular weight excluding hydrogens is 172 g/mol. The van der Waals surface area contributed by atoms with Gasteiger partial charge >= 0.3 is 0 Å². The zero-order valence-corrected chi connectivity index (χ0v) is 9.97. The van der Waals surface area contributed by atoms with E-state index < -0.39 is 0 Å². The Morgan fingerprint density at radius 3 is 2.93 bits per heavy atom. The highest BCUT2D eigenvalue weighted by Crippen LogP contribution is 2.14. The molecule has 1 saturated heterocycles. The van der Waals surface area contributed by atoms with Gasteiger partial charge in [-0.25, -0.2) is 0 Å². The summed E-state index contributed by atoms with van der Waals surface area (Å²) in [6, 6.07) is 0.721. The largest absolute Gasteiger partial charge is 0.316 e. The molecule has 0 spiro atoms. The van der Waals surface area contributed by atoms with Crippen molar-refractivity contribution in [2.75, 3.05) is 19.6 Å². The Bertz CT molecular complexity index is 147. The van der Waals surface area contributed by atoms with Gasteiger partial charge in [0.1, 0.15) is 0 Å². The highest BCUT2D eigenvalue weighted by molar-refractivity contribution is 4.76. The first-order chi connectivity index (χ1) is 6.72. The molecule has 1 aliphatic heterocycles. The molecule has 1 rings (SSSR count). The van der Waals surface area contributed by atoms with E-state index in [-0.39, 0.29) is 0 Å². The van der Waals surface area contributed by atoms with E-state index in [2.05, 4.69) is 31.4 Å². The van der Waals surface area contributed by atoms with E-state index in [0.717, 1.165) is 17.9 Å². The molecule has 0 aromatic heterocycles. The van der Waals surface area contributed by atoms with Crippen LogP contribution in [0, 0.1) is 11.8 Å². The van der Waals surface area contributed by atoms with Crippen molar-refractivity contribution in [2.24, 2.45) is 11.8 Å². The molecule has 0 aromatic carbocycles. The summed E-state index contributed by atoms with van der Waals surface area (Å²) in [7, 11) is 0. The van der Waals surface area contributed by atoms with E-state index in [0.29, 0.717) is 0 Å². The third kappa shape index (κ3) is 4.43. The molecule has 0 bridgehead atoms. The van der Waals surface area contributed by atoms with E-state index in [1.807, 2.05) is 0 Å². The van der Waals surface area contributed by atoms with Gasteiger partial charge in [-0.3, -0.25) is 0 Å². The predicted octanol–water partition coefficient (Wildman–Crippen LogP) is 2.01. The molecule has 3 unspecified atom stereocenters. The van der Waals surface area contributed by atoms with Crippen molar-refractivity contribution in [1.82, 2.24) is 10.6 Å². The standard InChI is InChI=1S/C12H26N2/c1-4-10(2)8-13-9-12-5-6-14-11(3)7-12/h10-14H,4-9H2,1-3H3. The minimum Gasteiger partial charge on any atom is -0.316 e. The fourth-order valence-electron chi connectivity index (χ4n) is 2.10. The van der Waals surface area contributed by atoms with Gasteiger partial charge in [-0.1, -0.05) is 20.3 Å². The van der Waals surface area contributed by atoms with Crippen LogP contribution in [0.15, 0.2) is 0 Å². The minimum atomic E-state index is 0.721. The van der Waals surface area contributed by atoms with Crippen molar-refractivity contribution in [2.45, 2.75) is 46.1 Å². The fourth-order valence-corrected chi connectivity index (χ4v) is 2.10. The molecule has 1 heterocycles. The molecule has 2 N–H and O–H groups in total. The van der Waals surface area contributed by atoms with Crippen molar-refractivity contribution >= 4 is 0 Å². The van der Waals surface area contributed by atoms with Gasteiger partial charge in [0.2, 0.25) is 0 Å². The zero-order chi connectivity index (χ0) is 10.4. The summed E-state index contributed by atoms with van der Waals surface area (Å²) in [5.41, 5.74) is 0. The van der Waals surface area contributed by atoms with Crippen molar-refractivity contribution in [3.05, 3.63) is 0 Å². The summed E-state index contributed by atoms with van der Waals surface area (Å²) in [6.07, 6.45) is 3.97. The van der Waals surface area contributed by atoms with Gasteiger partial charge in [0.15, 0.2) is 0 Å². The molecule has 2 heteroatoms. The Morgan fingerprint density at radius 1 is 1.50 bits per heavy atom. The van der Waals surface area contributed by atoms with Gasteiger partial charge in [-0.05, 0) is 51.2 Å². The molecule has 0 radical (unpaired) electrons. The van der Waals surface area contributed by atoms with E-state index in [1.54, 1.807) is 0 Å². The molecule has 0 aliphatic carbocycles. The lowest BCUT2D eigenvalue weighted by atomic mass is 9.93. The van der Waals surface area contributed by atoms with Gasteiger partial charge in [-0.15, -0.1) is 0 Å². The maximum absolute atomic E-state index is 3.60. The monoisotopic (exact) mass is 198 g/mol. The van der Waals surface area contributed by atoms with E-state index in [9.17, 15) is 0 Å². The van der Waals surface area contributed by atoms with Gasteiger partial charge in [0, 0.05) is 6.04 Å². The second kappa shape index (κ2) is 6.41. The average Bonchev–Trinajstić information content (AvgIpc) is 2.17. The highest BCUT2D eigenvalue weighted by atomic mass is 14.9. The molecular formula is C12H26N2. The fraction of sp³-hybridized carbons (Fsp3) is 1.00. The summed E-state index contributed by atoms with van der Waals surface area (Å²) in [4.78, 5) is 0. The smallest absolute Gasteiger partial charge is 0.00418 e. The minimum absolute atomic E-state index is 0.721. The first kappa shape index (κ1) is 12.0. The molecule has 14 heavy (non-hydrogen) atoms. The highest BCUT2D eigenvalue weighted by Gasteiger charge is 2.17. The lowest BCUT2D eigenvalue weighted by molar-refractivity contribution is 0.299. The van der Waals surface area contributed by atoms with E-state index in [1.165, 1.54) is 38.9 Å². The number of piperidine rings is 1. The summed E-state index contributed by atoms with van der Waals surface area (Å²) >= 11 is 0. The normalized spacial score (nSPS) is 30.2. The van der Waals surface area contributed by atoms with E-state index in [4.69, 9.17) is 0 Å². The molecule has 84 valence electrons. The molecule has 0 saturated carbocycles. The topological polar surface area (TPSA) is 24.1 Å². The number of rotatable bonds is 5. The van der Waals surface area contributed by atoms with Gasteiger partial charge in [-0.2, -0.15) is 0 Å². The molecule has 0 aromatic rings. The average molecular weight is 198 g/mol. The summed E-state index contributed by atoms with van der Waals surface area (Å²) in [6.45, 7) is 10.5. The lowest BCUT2D eigenvalue weighted by Crippen LogP contribution is -2.39. The molecule has 0 amide bonds. The van der Waals surface area contributed by atoms with Crippen LogP contribution in [0.5, 0.6) is 0 Å². The Morgan fingerprint density at radius 2 is 2.29 bits per heavy atom. The summed E-state index contributed by atoms with van der Waals surface area (Å²) in [5.74, 6) is 1.73. The molecule has 1 aliphatic rings. The second-order valence-electron chi connectivity index (χ2n) is 4.92. The van der Waals surface area contributed by atoms with Crippen LogP contribution in [0.2, 0.25) is 0 Å². The Balaban J connectivity index is 2.05. The van der Waals surface area contributed by atoms with Crippen LogP contribution in [-0.2, 0) is 0 Å².